The van der Waals surface area contributed by atoms with E-state index in [0.29, 0.717) is 5.56 Å². The molecule has 0 aromatic heterocycles. The first-order valence-corrected chi connectivity index (χ1v) is 4.84. The third kappa shape index (κ3) is 2.23. The van der Waals surface area contributed by atoms with Crippen LogP contribution in [0.1, 0.15) is 18.6 Å². The van der Waals surface area contributed by atoms with Crippen molar-refractivity contribution in [1.82, 2.24) is 0 Å². The zero-order valence-corrected chi connectivity index (χ0v) is 9.12. The Kier molecular flexibility index (Phi) is 3.47. The van der Waals surface area contributed by atoms with Crippen LogP contribution in [0, 0.1) is 5.82 Å². The van der Waals surface area contributed by atoms with E-state index in [0.717, 1.165) is 6.07 Å². The number of aromatic hydroxyl groups is 1. The number of benzene rings is 1. The molecular weight excluding hydrogens is 253 g/mol. The van der Waals surface area contributed by atoms with Gasteiger partial charge in [-0.05, 0) is 40.5 Å². The van der Waals surface area contributed by atoms with Crippen LogP contribution in [0.15, 0.2) is 16.6 Å². The Balaban J connectivity index is 3.12. The Bertz CT molecular complexity index is 321. The minimum absolute atomic E-state index is 0.201. The Hall–Kier alpha value is -0.650. The van der Waals surface area contributed by atoms with E-state index in [1.54, 1.807) is 6.92 Å². The van der Waals surface area contributed by atoms with Crippen molar-refractivity contribution in [2.75, 3.05) is 0 Å². The molecular formula is C9H11BrFNO2. The first-order valence-electron chi connectivity index (χ1n) is 4.05. The first-order chi connectivity index (χ1) is 6.43. The molecule has 0 spiro atoms. The lowest BCUT2D eigenvalue weighted by Gasteiger charge is -2.15. The highest BCUT2D eigenvalue weighted by Gasteiger charge is 2.16. The van der Waals surface area contributed by atoms with Crippen LogP contribution in [0.2, 0.25) is 0 Å². The summed E-state index contributed by atoms with van der Waals surface area (Å²) in [6.07, 6.45) is -0.943. The van der Waals surface area contributed by atoms with Crippen molar-refractivity contribution in [3.8, 4) is 5.75 Å². The van der Waals surface area contributed by atoms with Gasteiger partial charge in [-0.2, -0.15) is 0 Å². The Morgan fingerprint density at radius 1 is 1.50 bits per heavy atom. The third-order valence-corrected chi connectivity index (χ3v) is 2.48. The molecule has 14 heavy (non-hydrogen) atoms. The molecule has 0 aliphatic rings. The van der Waals surface area contributed by atoms with Crippen molar-refractivity contribution in [2.45, 2.75) is 19.1 Å². The normalized spacial score (nSPS) is 15.2. The van der Waals surface area contributed by atoms with Crippen molar-refractivity contribution < 1.29 is 14.6 Å². The molecule has 4 N–H and O–H groups in total. The SMILES string of the molecule is CC(N)C(O)c1cc(F)c(O)c(Br)c1. The van der Waals surface area contributed by atoms with E-state index in [1.165, 1.54) is 6.07 Å². The summed E-state index contributed by atoms with van der Waals surface area (Å²) < 4.78 is 13.2. The number of aliphatic hydroxyl groups excluding tert-OH is 1. The fraction of sp³-hybridized carbons (Fsp3) is 0.333. The fourth-order valence-electron chi connectivity index (χ4n) is 1.06. The molecule has 1 aromatic rings. The van der Waals surface area contributed by atoms with E-state index in [-0.39, 0.29) is 4.47 Å². The van der Waals surface area contributed by atoms with Gasteiger partial charge in [0.1, 0.15) is 0 Å². The lowest BCUT2D eigenvalue weighted by Crippen LogP contribution is -2.24. The summed E-state index contributed by atoms with van der Waals surface area (Å²) in [7, 11) is 0. The highest BCUT2D eigenvalue weighted by Crippen LogP contribution is 2.30. The van der Waals surface area contributed by atoms with Crippen LogP contribution in [0.25, 0.3) is 0 Å². The molecule has 0 radical (unpaired) electrons. The molecule has 0 aliphatic carbocycles. The van der Waals surface area contributed by atoms with E-state index in [4.69, 9.17) is 10.8 Å². The molecule has 1 rings (SSSR count). The number of hydrogen-bond donors (Lipinski definition) is 3. The van der Waals surface area contributed by atoms with Crippen molar-refractivity contribution in [3.05, 3.63) is 28.0 Å². The van der Waals surface area contributed by atoms with Crippen LogP contribution < -0.4 is 5.73 Å². The van der Waals surface area contributed by atoms with E-state index in [2.05, 4.69) is 15.9 Å². The number of hydrogen-bond acceptors (Lipinski definition) is 3. The second kappa shape index (κ2) is 4.25. The van der Waals surface area contributed by atoms with E-state index in [9.17, 15) is 9.50 Å². The lowest BCUT2D eigenvalue weighted by atomic mass is 10.0. The van der Waals surface area contributed by atoms with Crippen LogP contribution in [-0.2, 0) is 0 Å². The topological polar surface area (TPSA) is 66.5 Å². The third-order valence-electron chi connectivity index (χ3n) is 1.88. The molecule has 0 fully saturated rings. The molecule has 3 nitrogen and oxygen atoms in total. The molecule has 0 aliphatic heterocycles. The number of nitrogens with two attached hydrogens (primary N) is 1. The number of phenols is 1. The number of aliphatic hydroxyl groups is 1. The largest absolute Gasteiger partial charge is 0.504 e. The van der Waals surface area contributed by atoms with Gasteiger partial charge in [0.05, 0.1) is 10.6 Å². The van der Waals surface area contributed by atoms with Gasteiger partial charge in [0.15, 0.2) is 11.6 Å². The number of halogens is 2. The second-order valence-electron chi connectivity index (χ2n) is 3.14. The van der Waals surface area contributed by atoms with Crippen molar-refractivity contribution >= 4 is 15.9 Å². The van der Waals surface area contributed by atoms with Crippen molar-refractivity contribution in [2.24, 2.45) is 5.73 Å². The number of rotatable bonds is 2. The Morgan fingerprint density at radius 3 is 2.50 bits per heavy atom. The second-order valence-corrected chi connectivity index (χ2v) is 3.99. The molecule has 5 heteroatoms. The highest BCUT2D eigenvalue weighted by molar-refractivity contribution is 9.10. The minimum Gasteiger partial charge on any atom is -0.504 e. The Labute approximate surface area is 89.5 Å². The van der Waals surface area contributed by atoms with Gasteiger partial charge in [0.2, 0.25) is 0 Å². The molecule has 2 unspecified atom stereocenters. The molecule has 0 saturated carbocycles. The average molecular weight is 264 g/mol. The standard InChI is InChI=1S/C9H11BrFNO2/c1-4(12)8(13)5-2-6(10)9(14)7(11)3-5/h2-4,8,13-14H,12H2,1H3. The molecule has 0 saturated heterocycles. The van der Waals surface area contributed by atoms with E-state index >= 15 is 0 Å². The summed E-state index contributed by atoms with van der Waals surface area (Å²) in [5, 5.41) is 18.7. The van der Waals surface area contributed by atoms with Gasteiger partial charge in [-0.25, -0.2) is 4.39 Å². The smallest absolute Gasteiger partial charge is 0.166 e. The molecule has 78 valence electrons. The summed E-state index contributed by atoms with van der Waals surface area (Å²) in [5.41, 5.74) is 5.79. The van der Waals surface area contributed by atoms with Crippen LogP contribution in [0.4, 0.5) is 4.39 Å². The monoisotopic (exact) mass is 263 g/mol. The summed E-state index contributed by atoms with van der Waals surface area (Å²) in [5.74, 6) is -1.25. The minimum atomic E-state index is -0.943. The molecule has 0 heterocycles. The van der Waals surface area contributed by atoms with Gasteiger partial charge in [0.25, 0.3) is 0 Å². The molecule has 0 bridgehead atoms. The van der Waals surface area contributed by atoms with E-state index in [1.807, 2.05) is 0 Å². The average Bonchev–Trinajstić information content (AvgIpc) is 2.12. The van der Waals surface area contributed by atoms with Gasteiger partial charge in [0, 0.05) is 6.04 Å². The predicted octanol–water partition coefficient (Wildman–Crippen LogP) is 1.67. The van der Waals surface area contributed by atoms with Crippen LogP contribution in [0.3, 0.4) is 0 Å². The maximum absolute atomic E-state index is 13.0. The van der Waals surface area contributed by atoms with Gasteiger partial charge < -0.3 is 15.9 Å². The van der Waals surface area contributed by atoms with Crippen LogP contribution in [-0.4, -0.2) is 16.3 Å². The summed E-state index contributed by atoms with van der Waals surface area (Å²) in [6.45, 7) is 1.61. The van der Waals surface area contributed by atoms with Gasteiger partial charge in [-0.3, -0.25) is 0 Å². The first kappa shape index (κ1) is 11.4. The Morgan fingerprint density at radius 2 is 2.07 bits per heavy atom. The quantitative estimate of drug-likeness (QED) is 0.761. The predicted molar refractivity (Wildman–Crippen MR) is 54.4 cm³/mol. The summed E-state index contributed by atoms with van der Waals surface area (Å²) in [6, 6.07) is 2.01. The number of phenolic OH excluding ortho intramolecular Hbond substituents is 1. The lowest BCUT2D eigenvalue weighted by molar-refractivity contribution is 0.152. The zero-order chi connectivity index (χ0) is 10.9. The van der Waals surface area contributed by atoms with Gasteiger partial charge in [-0.15, -0.1) is 0 Å². The molecule has 2 atom stereocenters. The van der Waals surface area contributed by atoms with Crippen molar-refractivity contribution in [3.63, 3.8) is 0 Å². The zero-order valence-electron chi connectivity index (χ0n) is 7.54. The molecule has 0 amide bonds. The van der Waals surface area contributed by atoms with Gasteiger partial charge in [-0.1, -0.05) is 0 Å². The summed E-state index contributed by atoms with van der Waals surface area (Å²) in [4.78, 5) is 0. The summed E-state index contributed by atoms with van der Waals surface area (Å²) >= 11 is 2.97. The van der Waals surface area contributed by atoms with Crippen molar-refractivity contribution in [1.29, 1.82) is 0 Å². The van der Waals surface area contributed by atoms with Crippen LogP contribution in [0.5, 0.6) is 5.75 Å². The van der Waals surface area contributed by atoms with E-state index < -0.39 is 23.7 Å². The van der Waals surface area contributed by atoms with Crippen LogP contribution >= 0.6 is 15.9 Å². The van der Waals surface area contributed by atoms with Gasteiger partial charge >= 0.3 is 0 Å². The highest BCUT2D eigenvalue weighted by atomic mass is 79.9. The maximum Gasteiger partial charge on any atom is 0.166 e. The fourth-order valence-corrected chi connectivity index (χ4v) is 1.51. The molecule has 1 aromatic carbocycles. The maximum atomic E-state index is 13.0.